The smallest absolute Gasteiger partial charge is 0.177 e. The number of piperazine rings is 1. The number of aryl methyl sites for hydroxylation is 1. The first kappa shape index (κ1) is 11.1. The molecule has 0 saturated carbocycles. The van der Waals surface area contributed by atoms with Crippen LogP contribution >= 0.6 is 15.9 Å². The van der Waals surface area contributed by atoms with Crippen molar-refractivity contribution in [1.29, 1.82) is 0 Å². The van der Waals surface area contributed by atoms with Crippen LogP contribution in [-0.2, 0) is 13.6 Å². The number of likely N-dealkylation sites (N-methyl/N-ethyl adjacent to an activating group) is 1. The van der Waals surface area contributed by atoms with Crippen molar-refractivity contribution in [3.05, 3.63) is 16.6 Å². The summed E-state index contributed by atoms with van der Waals surface area (Å²) < 4.78 is 2.91. The number of imidazole rings is 1. The van der Waals surface area contributed by atoms with Crippen molar-refractivity contribution in [3.63, 3.8) is 0 Å². The fraction of sp³-hybridized carbons (Fsp3) is 0.700. The molecule has 0 amide bonds. The average Bonchev–Trinajstić information content (AvgIpc) is 2.50. The van der Waals surface area contributed by atoms with Crippen LogP contribution in [0.4, 0.5) is 0 Å². The third-order valence-electron chi connectivity index (χ3n) is 2.85. The lowest BCUT2D eigenvalue weighted by Gasteiger charge is -2.31. The van der Waals surface area contributed by atoms with Crippen molar-refractivity contribution in [1.82, 2.24) is 19.4 Å². The molecule has 0 atom stereocenters. The number of rotatable bonds is 2. The molecular formula is C10H17BrN4. The Morgan fingerprint density at radius 1 is 1.27 bits per heavy atom. The van der Waals surface area contributed by atoms with Crippen molar-refractivity contribution in [2.24, 2.45) is 7.05 Å². The summed E-state index contributed by atoms with van der Waals surface area (Å²) in [5.74, 6) is 0. The molecule has 1 aromatic heterocycles. The van der Waals surface area contributed by atoms with E-state index in [0.717, 1.165) is 43.2 Å². The van der Waals surface area contributed by atoms with Gasteiger partial charge in [-0.2, -0.15) is 0 Å². The van der Waals surface area contributed by atoms with Gasteiger partial charge in [0.05, 0.1) is 5.69 Å². The maximum Gasteiger partial charge on any atom is 0.177 e. The molecule has 0 N–H and O–H groups in total. The van der Waals surface area contributed by atoms with Crippen LogP contribution in [-0.4, -0.2) is 52.6 Å². The minimum Gasteiger partial charge on any atom is -0.328 e. The third-order valence-corrected chi connectivity index (χ3v) is 3.59. The van der Waals surface area contributed by atoms with Crippen molar-refractivity contribution >= 4 is 15.9 Å². The summed E-state index contributed by atoms with van der Waals surface area (Å²) in [5.41, 5.74) is 1.15. The second-order valence-corrected chi connectivity index (χ2v) is 4.90. The van der Waals surface area contributed by atoms with Crippen LogP contribution in [0.1, 0.15) is 5.69 Å². The highest BCUT2D eigenvalue weighted by Crippen LogP contribution is 2.11. The van der Waals surface area contributed by atoms with Gasteiger partial charge in [-0.3, -0.25) is 4.90 Å². The molecule has 1 aliphatic heterocycles. The Morgan fingerprint density at radius 2 is 1.93 bits per heavy atom. The van der Waals surface area contributed by atoms with Gasteiger partial charge in [-0.25, -0.2) is 4.98 Å². The molecule has 15 heavy (non-hydrogen) atoms. The van der Waals surface area contributed by atoms with Gasteiger partial charge in [0, 0.05) is 46.0 Å². The summed E-state index contributed by atoms with van der Waals surface area (Å²) in [6.45, 7) is 5.57. The van der Waals surface area contributed by atoms with E-state index in [2.05, 4.69) is 44.0 Å². The van der Waals surface area contributed by atoms with Gasteiger partial charge >= 0.3 is 0 Å². The van der Waals surface area contributed by atoms with Gasteiger partial charge in [0.1, 0.15) is 0 Å². The summed E-state index contributed by atoms with van der Waals surface area (Å²) in [4.78, 5) is 9.27. The predicted octanol–water partition coefficient (Wildman–Crippen LogP) is 0.930. The van der Waals surface area contributed by atoms with E-state index in [0.29, 0.717) is 0 Å². The highest BCUT2D eigenvalue weighted by molar-refractivity contribution is 9.10. The fourth-order valence-corrected chi connectivity index (χ4v) is 2.14. The van der Waals surface area contributed by atoms with Crippen molar-refractivity contribution in [2.45, 2.75) is 6.54 Å². The van der Waals surface area contributed by atoms with Crippen LogP contribution in [0.5, 0.6) is 0 Å². The number of aromatic nitrogens is 2. The van der Waals surface area contributed by atoms with Crippen molar-refractivity contribution in [2.75, 3.05) is 33.2 Å². The number of halogens is 1. The lowest BCUT2D eigenvalue weighted by atomic mass is 10.3. The monoisotopic (exact) mass is 272 g/mol. The van der Waals surface area contributed by atoms with Crippen LogP contribution in [0.15, 0.2) is 10.9 Å². The summed E-state index contributed by atoms with van der Waals surface area (Å²) >= 11 is 3.42. The zero-order valence-electron chi connectivity index (χ0n) is 9.28. The van der Waals surface area contributed by atoms with Gasteiger partial charge in [-0.15, -0.1) is 0 Å². The minimum absolute atomic E-state index is 0.909. The molecule has 1 aliphatic rings. The Labute approximate surface area is 99.0 Å². The lowest BCUT2D eigenvalue weighted by molar-refractivity contribution is 0.147. The first-order valence-corrected chi connectivity index (χ1v) is 6.03. The van der Waals surface area contributed by atoms with Gasteiger partial charge < -0.3 is 9.47 Å². The van der Waals surface area contributed by atoms with E-state index >= 15 is 0 Å². The van der Waals surface area contributed by atoms with Crippen LogP contribution in [0, 0.1) is 0 Å². The van der Waals surface area contributed by atoms with Gasteiger partial charge in [0.25, 0.3) is 0 Å². The Morgan fingerprint density at radius 3 is 2.47 bits per heavy atom. The van der Waals surface area contributed by atoms with E-state index in [9.17, 15) is 0 Å². The van der Waals surface area contributed by atoms with E-state index in [4.69, 9.17) is 0 Å². The molecule has 1 aromatic rings. The summed E-state index contributed by atoms with van der Waals surface area (Å²) in [6.07, 6.45) is 2.09. The molecule has 0 aromatic carbocycles. The van der Waals surface area contributed by atoms with Gasteiger partial charge in [0.15, 0.2) is 4.73 Å². The van der Waals surface area contributed by atoms with E-state index in [1.165, 1.54) is 0 Å². The Balaban J connectivity index is 1.91. The second-order valence-electron chi connectivity index (χ2n) is 4.19. The molecule has 4 nitrogen and oxygen atoms in total. The normalized spacial score (nSPS) is 19.7. The first-order valence-electron chi connectivity index (χ1n) is 5.24. The van der Waals surface area contributed by atoms with E-state index < -0.39 is 0 Å². The topological polar surface area (TPSA) is 24.3 Å². The van der Waals surface area contributed by atoms with Gasteiger partial charge in [-0.05, 0) is 23.0 Å². The van der Waals surface area contributed by atoms with Crippen LogP contribution < -0.4 is 0 Å². The fourth-order valence-electron chi connectivity index (χ4n) is 1.81. The minimum atomic E-state index is 0.909. The molecule has 1 fully saturated rings. The van der Waals surface area contributed by atoms with Crippen molar-refractivity contribution < 1.29 is 0 Å². The van der Waals surface area contributed by atoms with Gasteiger partial charge in [-0.1, -0.05) is 0 Å². The van der Waals surface area contributed by atoms with E-state index in [-0.39, 0.29) is 0 Å². The molecule has 5 heteroatoms. The Bertz CT molecular complexity index is 309. The molecular weight excluding hydrogens is 256 g/mol. The SMILES string of the molecule is CN1CCN(Cc2cn(C)c(Br)n2)CC1. The van der Waals surface area contributed by atoms with Crippen LogP contribution in [0.2, 0.25) is 0 Å². The predicted molar refractivity (Wildman–Crippen MR) is 63.7 cm³/mol. The molecule has 0 radical (unpaired) electrons. The largest absolute Gasteiger partial charge is 0.328 e. The zero-order chi connectivity index (χ0) is 10.8. The number of nitrogens with zero attached hydrogens (tertiary/aromatic N) is 4. The Kier molecular flexibility index (Phi) is 3.43. The zero-order valence-corrected chi connectivity index (χ0v) is 10.9. The second kappa shape index (κ2) is 4.63. The standard InChI is InChI=1S/C10H17BrN4/c1-13-3-5-15(6-4-13)8-9-7-14(2)10(11)12-9/h7H,3-6,8H2,1-2H3. The van der Waals surface area contributed by atoms with Crippen molar-refractivity contribution in [3.8, 4) is 0 Å². The average molecular weight is 273 g/mol. The molecule has 84 valence electrons. The maximum absolute atomic E-state index is 4.45. The highest BCUT2D eigenvalue weighted by Gasteiger charge is 2.15. The number of hydrogen-bond acceptors (Lipinski definition) is 3. The molecule has 0 unspecified atom stereocenters. The molecule has 0 spiro atoms. The summed E-state index contributed by atoms with van der Waals surface area (Å²) in [5, 5.41) is 0. The third kappa shape index (κ3) is 2.80. The lowest BCUT2D eigenvalue weighted by Crippen LogP contribution is -2.43. The van der Waals surface area contributed by atoms with Crippen LogP contribution in [0.25, 0.3) is 0 Å². The summed E-state index contributed by atoms with van der Waals surface area (Å²) in [7, 11) is 4.18. The number of hydrogen-bond donors (Lipinski definition) is 0. The van der Waals surface area contributed by atoms with Gasteiger partial charge in [0.2, 0.25) is 0 Å². The highest BCUT2D eigenvalue weighted by atomic mass is 79.9. The summed E-state index contributed by atoms with van der Waals surface area (Å²) in [6, 6.07) is 0. The van der Waals surface area contributed by atoms with Crippen LogP contribution in [0.3, 0.4) is 0 Å². The maximum atomic E-state index is 4.45. The molecule has 0 aliphatic carbocycles. The quantitative estimate of drug-likeness (QED) is 0.801. The first-order chi connectivity index (χ1) is 7.15. The molecule has 2 rings (SSSR count). The molecule has 1 saturated heterocycles. The molecule has 0 bridgehead atoms. The Hall–Kier alpha value is -0.390. The van der Waals surface area contributed by atoms with E-state index in [1.807, 2.05) is 11.6 Å². The van der Waals surface area contributed by atoms with E-state index in [1.54, 1.807) is 0 Å². The molecule has 2 heterocycles.